The van der Waals surface area contributed by atoms with Crippen LogP contribution in [-0.2, 0) is 19.1 Å². The van der Waals surface area contributed by atoms with E-state index in [4.69, 9.17) is 9.47 Å². The fourth-order valence-corrected chi connectivity index (χ4v) is 3.82. The number of aliphatic hydroxyl groups is 2. The SMILES string of the molecule is CCOC(=O)C1=CCC(C)(O)C(NCCO)(C(=O)OCC)C1c1ccccc1. The van der Waals surface area contributed by atoms with Gasteiger partial charge in [0.05, 0.1) is 25.4 Å². The minimum Gasteiger partial charge on any atom is -0.465 e. The zero-order valence-electron chi connectivity index (χ0n) is 16.6. The second-order valence-corrected chi connectivity index (χ2v) is 6.88. The predicted molar refractivity (Wildman–Crippen MR) is 104 cm³/mol. The van der Waals surface area contributed by atoms with Crippen molar-refractivity contribution in [3.63, 3.8) is 0 Å². The number of aliphatic hydroxyl groups excluding tert-OH is 1. The van der Waals surface area contributed by atoms with Crippen LogP contribution in [0.25, 0.3) is 0 Å². The van der Waals surface area contributed by atoms with Crippen molar-refractivity contribution in [2.75, 3.05) is 26.4 Å². The van der Waals surface area contributed by atoms with Crippen molar-refractivity contribution in [1.29, 1.82) is 0 Å². The number of β-amino-alcohol motifs (C(OH)–C–C–N with tert-alkyl or cyclic N) is 1. The molecule has 3 atom stereocenters. The molecule has 0 bridgehead atoms. The number of benzene rings is 1. The van der Waals surface area contributed by atoms with Gasteiger partial charge in [0, 0.05) is 18.0 Å². The van der Waals surface area contributed by atoms with E-state index in [-0.39, 0.29) is 38.4 Å². The summed E-state index contributed by atoms with van der Waals surface area (Å²) >= 11 is 0. The highest BCUT2D eigenvalue weighted by Gasteiger charge is 2.62. The highest BCUT2D eigenvalue weighted by molar-refractivity contribution is 5.96. The van der Waals surface area contributed by atoms with E-state index in [0.29, 0.717) is 5.56 Å². The van der Waals surface area contributed by atoms with E-state index in [0.717, 1.165) is 0 Å². The van der Waals surface area contributed by atoms with E-state index in [1.807, 2.05) is 6.07 Å². The molecule has 0 saturated heterocycles. The maximum absolute atomic E-state index is 13.2. The molecule has 2 rings (SSSR count). The lowest BCUT2D eigenvalue weighted by Crippen LogP contribution is -2.72. The van der Waals surface area contributed by atoms with Crippen LogP contribution in [-0.4, -0.2) is 59.7 Å². The molecule has 0 radical (unpaired) electrons. The first-order chi connectivity index (χ1) is 13.4. The van der Waals surface area contributed by atoms with E-state index in [2.05, 4.69) is 5.32 Å². The number of hydrogen-bond donors (Lipinski definition) is 3. The van der Waals surface area contributed by atoms with Gasteiger partial charge in [0.25, 0.3) is 0 Å². The lowest BCUT2D eigenvalue weighted by Gasteiger charge is -2.51. The summed E-state index contributed by atoms with van der Waals surface area (Å²) in [5.74, 6) is -2.09. The number of esters is 2. The first-order valence-electron chi connectivity index (χ1n) is 9.53. The average Bonchev–Trinajstić information content (AvgIpc) is 2.67. The molecular formula is C21H29NO6. The number of carbonyl (C=O) groups is 2. The van der Waals surface area contributed by atoms with Gasteiger partial charge in [-0.2, -0.15) is 0 Å². The monoisotopic (exact) mass is 391 g/mol. The van der Waals surface area contributed by atoms with Crippen molar-refractivity contribution in [3.05, 3.63) is 47.5 Å². The molecular weight excluding hydrogens is 362 g/mol. The molecule has 154 valence electrons. The molecule has 0 aliphatic heterocycles. The maximum Gasteiger partial charge on any atom is 0.334 e. The number of hydrogen-bond acceptors (Lipinski definition) is 7. The molecule has 28 heavy (non-hydrogen) atoms. The van der Waals surface area contributed by atoms with Gasteiger partial charge in [0.1, 0.15) is 0 Å². The molecule has 0 fully saturated rings. The Morgan fingerprint density at radius 3 is 2.39 bits per heavy atom. The Balaban J connectivity index is 2.75. The highest BCUT2D eigenvalue weighted by Crippen LogP contribution is 2.48. The Kier molecular flexibility index (Phi) is 7.35. The van der Waals surface area contributed by atoms with Crippen molar-refractivity contribution in [2.45, 2.75) is 44.2 Å². The Bertz CT molecular complexity index is 715. The third-order valence-electron chi connectivity index (χ3n) is 5.07. The molecule has 3 unspecified atom stereocenters. The molecule has 0 aromatic heterocycles. The van der Waals surface area contributed by atoms with Crippen LogP contribution in [0.1, 0.15) is 38.7 Å². The lowest BCUT2D eigenvalue weighted by molar-refractivity contribution is -0.167. The van der Waals surface area contributed by atoms with Crippen LogP contribution < -0.4 is 5.32 Å². The summed E-state index contributed by atoms with van der Waals surface area (Å²) in [5.41, 5.74) is -2.33. The van der Waals surface area contributed by atoms with Gasteiger partial charge in [0.15, 0.2) is 5.54 Å². The largest absolute Gasteiger partial charge is 0.465 e. The molecule has 0 amide bonds. The van der Waals surface area contributed by atoms with Crippen LogP contribution in [0.4, 0.5) is 0 Å². The average molecular weight is 391 g/mol. The Hall–Kier alpha value is -2.22. The van der Waals surface area contributed by atoms with Gasteiger partial charge in [0.2, 0.25) is 0 Å². The molecule has 1 aliphatic carbocycles. The summed E-state index contributed by atoms with van der Waals surface area (Å²) in [6.45, 7) is 4.99. The van der Waals surface area contributed by atoms with E-state index < -0.39 is 29.0 Å². The van der Waals surface area contributed by atoms with Gasteiger partial charge < -0.3 is 19.7 Å². The molecule has 7 heteroatoms. The lowest BCUT2D eigenvalue weighted by atomic mass is 9.61. The summed E-state index contributed by atoms with van der Waals surface area (Å²) in [5, 5.41) is 23.7. The third-order valence-corrected chi connectivity index (χ3v) is 5.07. The van der Waals surface area contributed by atoms with Crippen molar-refractivity contribution in [2.24, 2.45) is 0 Å². The van der Waals surface area contributed by atoms with Crippen LogP contribution in [0.3, 0.4) is 0 Å². The number of carbonyl (C=O) groups excluding carboxylic acids is 2. The van der Waals surface area contributed by atoms with E-state index >= 15 is 0 Å². The van der Waals surface area contributed by atoms with Crippen molar-refractivity contribution < 1.29 is 29.3 Å². The van der Waals surface area contributed by atoms with E-state index in [1.165, 1.54) is 6.92 Å². The number of rotatable bonds is 8. The molecule has 1 aromatic carbocycles. The second-order valence-electron chi connectivity index (χ2n) is 6.88. The quantitative estimate of drug-likeness (QED) is 0.574. The van der Waals surface area contributed by atoms with Gasteiger partial charge in [-0.05, 0) is 32.8 Å². The van der Waals surface area contributed by atoms with Gasteiger partial charge in [-0.3, -0.25) is 5.32 Å². The molecule has 1 aliphatic rings. The molecule has 0 heterocycles. The minimum absolute atomic E-state index is 0.0361. The van der Waals surface area contributed by atoms with Gasteiger partial charge in [-0.15, -0.1) is 0 Å². The summed E-state index contributed by atoms with van der Waals surface area (Å²) in [4.78, 5) is 26.0. The fraction of sp³-hybridized carbons (Fsp3) is 0.524. The zero-order valence-corrected chi connectivity index (χ0v) is 16.6. The molecule has 0 saturated carbocycles. The molecule has 7 nitrogen and oxygen atoms in total. The van der Waals surface area contributed by atoms with Gasteiger partial charge in [-0.1, -0.05) is 36.4 Å². The van der Waals surface area contributed by atoms with Crippen LogP contribution in [0.15, 0.2) is 42.0 Å². The zero-order chi connectivity index (χ0) is 20.8. The van der Waals surface area contributed by atoms with E-state index in [1.54, 1.807) is 44.2 Å². The highest BCUT2D eigenvalue weighted by atomic mass is 16.5. The summed E-state index contributed by atoms with van der Waals surface area (Å²) in [7, 11) is 0. The fourth-order valence-electron chi connectivity index (χ4n) is 3.82. The standard InChI is InChI=1S/C21H29NO6/c1-4-27-18(24)16-11-12-20(3,26)21(22-13-14-23,19(25)28-5-2)17(16)15-9-7-6-8-10-15/h6-11,17,22-23,26H,4-5,12-14H2,1-3H3. The van der Waals surface area contributed by atoms with E-state index in [9.17, 15) is 19.8 Å². The Morgan fingerprint density at radius 1 is 1.18 bits per heavy atom. The minimum atomic E-state index is -1.68. The van der Waals surface area contributed by atoms with Crippen LogP contribution in [0.2, 0.25) is 0 Å². The van der Waals surface area contributed by atoms with Crippen LogP contribution in [0, 0.1) is 0 Å². The summed E-state index contributed by atoms with van der Waals surface area (Å²) in [6.07, 6.45) is 1.66. The molecule has 3 N–H and O–H groups in total. The summed E-state index contributed by atoms with van der Waals surface area (Å²) in [6, 6.07) is 8.99. The normalized spacial score (nSPS) is 27.0. The number of ether oxygens (including phenoxy) is 2. The van der Waals surface area contributed by atoms with Crippen molar-refractivity contribution in [3.8, 4) is 0 Å². The Labute approximate surface area is 165 Å². The van der Waals surface area contributed by atoms with Gasteiger partial charge in [-0.25, -0.2) is 9.59 Å². The first kappa shape index (κ1) is 22.1. The third kappa shape index (κ3) is 3.97. The molecule has 1 aromatic rings. The Morgan fingerprint density at radius 2 is 1.82 bits per heavy atom. The van der Waals surface area contributed by atoms with Crippen molar-refractivity contribution >= 4 is 11.9 Å². The smallest absolute Gasteiger partial charge is 0.334 e. The van der Waals surface area contributed by atoms with Crippen LogP contribution >= 0.6 is 0 Å². The number of nitrogens with one attached hydrogen (secondary N) is 1. The van der Waals surface area contributed by atoms with Crippen molar-refractivity contribution in [1.82, 2.24) is 5.32 Å². The van der Waals surface area contributed by atoms with Crippen LogP contribution in [0.5, 0.6) is 0 Å². The second kappa shape index (κ2) is 9.32. The predicted octanol–water partition coefficient (Wildman–Crippen LogP) is 1.30. The molecule has 0 spiro atoms. The maximum atomic E-state index is 13.2. The van der Waals surface area contributed by atoms with Gasteiger partial charge >= 0.3 is 11.9 Å². The first-order valence-corrected chi connectivity index (χ1v) is 9.53. The summed E-state index contributed by atoms with van der Waals surface area (Å²) < 4.78 is 10.6. The topological polar surface area (TPSA) is 105 Å².